The third kappa shape index (κ3) is 5.53. The third-order valence-electron chi connectivity index (χ3n) is 7.05. The molecule has 0 spiro atoms. The second-order valence-electron chi connectivity index (χ2n) is 10.2. The largest absolute Gasteiger partial charge is 0.493 e. The molecule has 3 aromatic rings. The van der Waals surface area contributed by atoms with E-state index in [2.05, 4.69) is 64.1 Å². The molecule has 0 saturated heterocycles. The molecular weight excluding hydrogens is 458 g/mol. The summed E-state index contributed by atoms with van der Waals surface area (Å²) >= 11 is 0. The van der Waals surface area contributed by atoms with Gasteiger partial charge in [0, 0.05) is 11.3 Å². The zero-order valence-electron chi connectivity index (χ0n) is 21.8. The number of carbonyl (C=O) groups is 2. The van der Waals surface area contributed by atoms with Crippen LogP contribution in [-0.2, 0) is 15.6 Å². The van der Waals surface area contributed by atoms with Gasteiger partial charge in [0.05, 0.1) is 5.69 Å². The van der Waals surface area contributed by atoms with E-state index in [1.54, 1.807) is 24.3 Å². The molecule has 0 bridgehead atoms. The van der Waals surface area contributed by atoms with Crippen molar-refractivity contribution in [1.82, 2.24) is 9.78 Å². The Kier molecular flexibility index (Phi) is 7.77. The molecule has 0 aliphatic heterocycles. The van der Waals surface area contributed by atoms with E-state index in [9.17, 15) is 19.5 Å². The van der Waals surface area contributed by atoms with Crippen LogP contribution in [0.2, 0.25) is 0 Å². The average Bonchev–Trinajstić information content (AvgIpc) is 3.15. The van der Waals surface area contributed by atoms with E-state index >= 15 is 0 Å². The van der Waals surface area contributed by atoms with Crippen molar-refractivity contribution in [2.24, 2.45) is 0 Å². The molecular formula is C28H35N3O5. The number of benzene rings is 2. The average molecular weight is 494 g/mol. The molecule has 3 rings (SSSR count). The van der Waals surface area contributed by atoms with Crippen molar-refractivity contribution in [3.63, 3.8) is 0 Å². The minimum Gasteiger partial charge on any atom is -0.493 e. The Morgan fingerprint density at radius 1 is 1.06 bits per heavy atom. The number of nitrogens with zero attached hydrogens (tertiary/aromatic N) is 1. The summed E-state index contributed by atoms with van der Waals surface area (Å²) in [7, 11) is 0. The van der Waals surface area contributed by atoms with Crippen molar-refractivity contribution in [1.29, 1.82) is 0 Å². The van der Waals surface area contributed by atoms with Crippen LogP contribution in [0.4, 0.5) is 5.69 Å². The van der Waals surface area contributed by atoms with E-state index < -0.39 is 11.4 Å². The van der Waals surface area contributed by atoms with Crippen LogP contribution in [0.15, 0.2) is 47.3 Å². The minimum absolute atomic E-state index is 0.0416. The number of hydrogen-bond acceptors (Lipinski definition) is 5. The van der Waals surface area contributed by atoms with Gasteiger partial charge in [0.25, 0.3) is 11.5 Å². The van der Waals surface area contributed by atoms with Crippen LogP contribution in [0, 0.1) is 0 Å². The number of aromatic nitrogens is 2. The fourth-order valence-corrected chi connectivity index (χ4v) is 3.76. The summed E-state index contributed by atoms with van der Waals surface area (Å²) in [4.78, 5) is 35.3. The van der Waals surface area contributed by atoms with Crippen LogP contribution >= 0.6 is 0 Å². The third-order valence-corrected chi connectivity index (χ3v) is 7.05. The van der Waals surface area contributed by atoms with Crippen molar-refractivity contribution < 1.29 is 19.4 Å². The Labute approximate surface area is 211 Å². The molecule has 0 aliphatic rings. The van der Waals surface area contributed by atoms with Gasteiger partial charge in [0.1, 0.15) is 11.3 Å². The molecule has 8 nitrogen and oxygen atoms in total. The zero-order valence-corrected chi connectivity index (χ0v) is 21.8. The number of anilines is 1. The lowest BCUT2D eigenvalue weighted by molar-refractivity contribution is -0.118. The fourth-order valence-electron chi connectivity index (χ4n) is 3.76. The Morgan fingerprint density at radius 2 is 1.69 bits per heavy atom. The van der Waals surface area contributed by atoms with Gasteiger partial charge >= 0.3 is 0 Å². The van der Waals surface area contributed by atoms with E-state index in [0.717, 1.165) is 23.1 Å². The summed E-state index contributed by atoms with van der Waals surface area (Å²) in [5.41, 5.74) is 2.16. The van der Waals surface area contributed by atoms with Gasteiger partial charge in [-0.25, -0.2) is 4.68 Å². The molecule has 0 unspecified atom stereocenters. The number of aromatic hydroxyl groups is 1. The molecule has 0 saturated carbocycles. The monoisotopic (exact) mass is 493 g/mol. The number of carbonyl (C=O) groups excluding carboxylic acids is 2. The number of aromatic amines is 1. The van der Waals surface area contributed by atoms with E-state index in [4.69, 9.17) is 4.74 Å². The lowest BCUT2D eigenvalue weighted by atomic mass is 9.76. The summed E-state index contributed by atoms with van der Waals surface area (Å²) < 4.78 is 7.07. The first-order valence-corrected chi connectivity index (χ1v) is 12.1. The number of H-pyrrole nitrogens is 1. The summed E-state index contributed by atoms with van der Waals surface area (Å²) in [6.45, 7) is 13.0. The number of nitrogens with one attached hydrogen (secondary N) is 2. The van der Waals surface area contributed by atoms with Crippen LogP contribution in [0.25, 0.3) is 5.69 Å². The first-order chi connectivity index (χ1) is 16.9. The topological polar surface area (TPSA) is 113 Å². The first-order valence-electron chi connectivity index (χ1n) is 12.1. The van der Waals surface area contributed by atoms with Crippen LogP contribution < -0.4 is 15.6 Å². The number of aldehydes is 1. The number of rotatable bonds is 10. The predicted molar refractivity (Wildman–Crippen MR) is 141 cm³/mol. The normalized spacial score (nSPS) is 11.8. The molecule has 1 amide bonds. The van der Waals surface area contributed by atoms with Crippen LogP contribution in [-0.4, -0.2) is 33.7 Å². The number of hydrogen-bond donors (Lipinski definition) is 3. The molecule has 1 heterocycles. The second kappa shape index (κ2) is 10.4. The predicted octanol–water partition coefficient (Wildman–Crippen LogP) is 5.08. The Morgan fingerprint density at radius 3 is 2.25 bits per heavy atom. The Bertz CT molecular complexity index is 1300. The SMILES string of the molecule is CCC(C)(C)c1ccc(OCC(=O)Nc2ccc(-n3[nH]c(=O)c(C=O)c3O)cc2)c(C(C)(C)CC)c1. The lowest BCUT2D eigenvalue weighted by Gasteiger charge is -2.30. The highest BCUT2D eigenvalue weighted by atomic mass is 16.5. The summed E-state index contributed by atoms with van der Waals surface area (Å²) in [5, 5.41) is 15.2. The Hall–Kier alpha value is -3.81. The van der Waals surface area contributed by atoms with Gasteiger partial charge in [0.15, 0.2) is 12.9 Å². The number of amides is 1. The van der Waals surface area contributed by atoms with Crippen LogP contribution in [0.1, 0.15) is 75.9 Å². The fraction of sp³-hybridized carbons (Fsp3) is 0.393. The molecule has 0 atom stereocenters. The Balaban J connectivity index is 1.73. The van der Waals surface area contributed by atoms with Crippen molar-refractivity contribution in [2.45, 2.75) is 65.2 Å². The smallest absolute Gasteiger partial charge is 0.279 e. The highest BCUT2D eigenvalue weighted by molar-refractivity contribution is 5.92. The van der Waals surface area contributed by atoms with Gasteiger partial charge in [-0.1, -0.05) is 53.7 Å². The maximum absolute atomic E-state index is 12.6. The molecule has 36 heavy (non-hydrogen) atoms. The van der Waals surface area contributed by atoms with Gasteiger partial charge in [-0.15, -0.1) is 0 Å². The van der Waals surface area contributed by atoms with Crippen LogP contribution in [0.5, 0.6) is 11.6 Å². The molecule has 1 aromatic heterocycles. The molecule has 0 aliphatic carbocycles. The quantitative estimate of drug-likeness (QED) is 0.341. The molecule has 3 N–H and O–H groups in total. The van der Waals surface area contributed by atoms with E-state index in [-0.39, 0.29) is 28.9 Å². The van der Waals surface area contributed by atoms with Crippen molar-refractivity contribution in [3.05, 3.63) is 69.5 Å². The van der Waals surface area contributed by atoms with Crippen molar-refractivity contribution >= 4 is 17.9 Å². The second-order valence-corrected chi connectivity index (χ2v) is 10.2. The van der Waals surface area contributed by atoms with Gasteiger partial charge < -0.3 is 15.2 Å². The molecule has 192 valence electrons. The summed E-state index contributed by atoms with van der Waals surface area (Å²) in [5.74, 6) is -0.0956. The molecule has 8 heteroatoms. The number of ether oxygens (including phenoxy) is 1. The van der Waals surface area contributed by atoms with Crippen molar-refractivity contribution in [3.8, 4) is 17.3 Å². The van der Waals surface area contributed by atoms with E-state index in [0.29, 0.717) is 23.4 Å². The van der Waals surface area contributed by atoms with E-state index in [1.165, 1.54) is 5.56 Å². The lowest BCUT2D eigenvalue weighted by Crippen LogP contribution is -2.24. The molecule has 0 fully saturated rings. The summed E-state index contributed by atoms with van der Waals surface area (Å²) in [6.07, 6.45) is 2.23. The first kappa shape index (κ1) is 26.8. The molecule has 2 aromatic carbocycles. The minimum atomic E-state index is -0.686. The maximum Gasteiger partial charge on any atom is 0.279 e. The standard InChI is InChI=1S/C28H35N3O5/c1-7-27(3,4)18-9-14-23(22(15-18)28(5,6)8-2)36-17-24(33)29-19-10-12-20(13-11-19)31-26(35)21(16-32)25(34)30-31/h9-16,35H,7-8,17H2,1-6H3,(H,29,33)(H,30,34). The highest BCUT2D eigenvalue weighted by Crippen LogP contribution is 2.38. The zero-order chi connectivity index (χ0) is 26.7. The van der Waals surface area contributed by atoms with E-state index in [1.807, 2.05) is 6.07 Å². The van der Waals surface area contributed by atoms with Gasteiger partial charge in [-0.05, 0) is 59.6 Å². The maximum atomic E-state index is 12.6. The van der Waals surface area contributed by atoms with Gasteiger partial charge in [-0.2, -0.15) is 0 Å². The van der Waals surface area contributed by atoms with Gasteiger partial charge in [-0.3, -0.25) is 19.5 Å². The molecule has 0 radical (unpaired) electrons. The summed E-state index contributed by atoms with van der Waals surface area (Å²) in [6, 6.07) is 12.7. The van der Waals surface area contributed by atoms with Crippen LogP contribution in [0.3, 0.4) is 0 Å². The highest BCUT2D eigenvalue weighted by Gasteiger charge is 2.27. The van der Waals surface area contributed by atoms with Crippen molar-refractivity contribution in [2.75, 3.05) is 11.9 Å². The van der Waals surface area contributed by atoms with Gasteiger partial charge in [0.2, 0.25) is 5.88 Å².